The minimum absolute atomic E-state index is 0.262. The summed E-state index contributed by atoms with van der Waals surface area (Å²) in [6.07, 6.45) is 3.32. The molecule has 1 aliphatic rings. The molecule has 1 heterocycles. The van der Waals surface area contributed by atoms with Crippen molar-refractivity contribution < 1.29 is 18.3 Å². The number of unbranched alkanes of at least 4 members (excludes halogenated alkanes) is 6. The van der Waals surface area contributed by atoms with Gasteiger partial charge in [-0.25, -0.2) is 0 Å². The number of benzene rings is 1. The van der Waals surface area contributed by atoms with Crippen molar-refractivity contribution >= 4 is 0 Å². The first kappa shape index (κ1) is 20.2. The quantitative estimate of drug-likeness (QED) is 0.572. The highest BCUT2D eigenvalue weighted by Gasteiger charge is 2.32. The van der Waals surface area contributed by atoms with Gasteiger partial charge < -0.3 is 10.4 Å². The molecule has 1 unspecified atom stereocenters. The Kier molecular flexibility index (Phi) is 7.76. The number of hydrogen-bond donors (Lipinski definition) is 2. The van der Waals surface area contributed by atoms with Gasteiger partial charge in [0.05, 0.1) is 0 Å². The lowest BCUT2D eigenvalue weighted by molar-refractivity contribution is -0.135. The summed E-state index contributed by atoms with van der Waals surface area (Å²) in [5, 5.41) is 13.7. The minimum Gasteiger partial charge on any atom is -0.384 e. The molecule has 1 fully saturated rings. The molecule has 0 spiro atoms. The molecular weight excluding hydrogens is 327 g/mol. The van der Waals surface area contributed by atoms with Crippen molar-refractivity contribution in [1.29, 1.82) is 0 Å². The minimum atomic E-state index is -4.00. The van der Waals surface area contributed by atoms with Gasteiger partial charge in [0.15, 0.2) is 0 Å². The van der Waals surface area contributed by atoms with Crippen LogP contribution in [0.1, 0.15) is 68.9 Å². The highest BCUT2D eigenvalue weighted by Crippen LogP contribution is 2.28. The van der Waals surface area contributed by atoms with Crippen molar-refractivity contribution in [2.24, 2.45) is 0 Å². The van der Waals surface area contributed by atoms with E-state index in [4.69, 9.17) is 0 Å². The van der Waals surface area contributed by atoms with Gasteiger partial charge in [-0.1, -0.05) is 56.4 Å². The molecule has 1 saturated heterocycles. The third-order valence-electron chi connectivity index (χ3n) is 5.05. The van der Waals surface area contributed by atoms with Crippen molar-refractivity contribution in [2.75, 3.05) is 13.1 Å². The number of nitrogens with one attached hydrogen (secondary N) is 1. The Hall–Kier alpha value is -1.07. The van der Waals surface area contributed by atoms with E-state index in [0.717, 1.165) is 57.1 Å². The fourth-order valence-electron chi connectivity index (χ4n) is 3.45. The lowest BCUT2D eigenvalue weighted by Crippen LogP contribution is -2.28. The maximum absolute atomic E-state index is 12.0. The summed E-state index contributed by atoms with van der Waals surface area (Å²) in [5.41, 5.74) is 1.55. The number of aryl methyl sites for hydroxylation is 1. The summed E-state index contributed by atoms with van der Waals surface area (Å²) in [4.78, 5) is 0. The Morgan fingerprint density at radius 2 is 1.52 bits per heavy atom. The molecule has 2 N–H and O–H groups in total. The second-order valence-electron chi connectivity index (χ2n) is 7.25. The van der Waals surface area contributed by atoms with Gasteiger partial charge in [-0.3, -0.25) is 0 Å². The molecule has 142 valence electrons. The molecule has 0 saturated carbocycles. The van der Waals surface area contributed by atoms with Gasteiger partial charge in [0.25, 0.3) is 0 Å². The van der Waals surface area contributed by atoms with Crippen LogP contribution in [0.5, 0.6) is 0 Å². The second kappa shape index (κ2) is 9.58. The zero-order valence-corrected chi connectivity index (χ0v) is 14.9. The van der Waals surface area contributed by atoms with E-state index in [0.29, 0.717) is 13.0 Å². The normalized spacial score (nSPS) is 21.0. The van der Waals surface area contributed by atoms with Crippen LogP contribution in [0, 0.1) is 0 Å². The highest BCUT2D eigenvalue weighted by atomic mass is 19.4. The zero-order chi connectivity index (χ0) is 18.2. The summed E-state index contributed by atoms with van der Waals surface area (Å²) in [7, 11) is 0. The van der Waals surface area contributed by atoms with Crippen molar-refractivity contribution in [1.82, 2.24) is 5.32 Å². The Labute approximate surface area is 148 Å². The van der Waals surface area contributed by atoms with Crippen LogP contribution >= 0.6 is 0 Å². The molecule has 1 atom stereocenters. The number of hydrogen-bond acceptors (Lipinski definition) is 2. The Morgan fingerprint density at radius 3 is 2.08 bits per heavy atom. The van der Waals surface area contributed by atoms with Crippen LogP contribution in [-0.2, 0) is 12.0 Å². The van der Waals surface area contributed by atoms with E-state index in [1.54, 1.807) is 0 Å². The average Bonchev–Trinajstić information content (AvgIpc) is 3.01. The SMILES string of the molecule is OC1(c2ccc(CCCCCCCCCC(F)(F)F)cc2)CCNC1. The summed E-state index contributed by atoms with van der Waals surface area (Å²) >= 11 is 0. The van der Waals surface area contributed by atoms with Crippen molar-refractivity contribution in [3.63, 3.8) is 0 Å². The highest BCUT2D eigenvalue weighted by molar-refractivity contribution is 5.28. The van der Waals surface area contributed by atoms with Crippen LogP contribution in [0.4, 0.5) is 13.2 Å². The summed E-state index contributed by atoms with van der Waals surface area (Å²) in [6.45, 7) is 1.48. The van der Waals surface area contributed by atoms with Crippen LogP contribution in [0.3, 0.4) is 0 Å². The molecule has 0 amide bonds. The molecular formula is C20H30F3NO. The first-order valence-corrected chi connectivity index (χ1v) is 9.48. The fraction of sp³-hybridized carbons (Fsp3) is 0.700. The molecule has 25 heavy (non-hydrogen) atoms. The molecule has 0 bridgehead atoms. The molecule has 1 aliphatic heterocycles. The predicted molar refractivity (Wildman–Crippen MR) is 94.5 cm³/mol. The van der Waals surface area contributed by atoms with Crippen LogP contribution in [0.25, 0.3) is 0 Å². The number of aliphatic hydroxyl groups is 1. The summed E-state index contributed by atoms with van der Waals surface area (Å²) < 4.78 is 36.0. The zero-order valence-electron chi connectivity index (χ0n) is 14.9. The Bertz CT molecular complexity index is 493. The van der Waals surface area contributed by atoms with Gasteiger partial charge in [0.1, 0.15) is 5.60 Å². The van der Waals surface area contributed by atoms with Crippen molar-refractivity contribution in [3.05, 3.63) is 35.4 Å². The first-order chi connectivity index (χ1) is 11.9. The monoisotopic (exact) mass is 357 g/mol. The third-order valence-corrected chi connectivity index (χ3v) is 5.05. The van der Waals surface area contributed by atoms with E-state index in [-0.39, 0.29) is 6.42 Å². The standard InChI is InChI=1S/C20H30F3NO/c21-20(22,23)13-7-5-3-1-2-4-6-8-17-9-11-18(12-10-17)19(25)14-15-24-16-19/h9-12,24-25H,1-8,13-16H2. The molecule has 1 aromatic carbocycles. The molecule has 1 aromatic rings. The maximum atomic E-state index is 12.0. The van der Waals surface area contributed by atoms with E-state index in [1.807, 2.05) is 12.1 Å². The van der Waals surface area contributed by atoms with E-state index in [2.05, 4.69) is 17.4 Å². The molecule has 0 radical (unpaired) electrons. The topological polar surface area (TPSA) is 32.3 Å². The number of β-amino-alcohol motifs (C(OH)–C–C–N with tert-alkyl or cyclic N) is 1. The molecule has 5 heteroatoms. The maximum Gasteiger partial charge on any atom is 0.389 e. The summed E-state index contributed by atoms with van der Waals surface area (Å²) in [5.74, 6) is 0. The lowest BCUT2D eigenvalue weighted by Gasteiger charge is -2.22. The average molecular weight is 357 g/mol. The van der Waals surface area contributed by atoms with Gasteiger partial charge in [-0.15, -0.1) is 0 Å². The predicted octanol–water partition coefficient (Wildman–Crippen LogP) is 5.09. The Morgan fingerprint density at radius 1 is 0.920 bits per heavy atom. The number of alkyl halides is 3. The van der Waals surface area contributed by atoms with E-state index in [1.165, 1.54) is 5.56 Å². The fourth-order valence-corrected chi connectivity index (χ4v) is 3.45. The van der Waals surface area contributed by atoms with Gasteiger partial charge in [0.2, 0.25) is 0 Å². The van der Waals surface area contributed by atoms with Crippen molar-refractivity contribution in [3.8, 4) is 0 Å². The van der Waals surface area contributed by atoms with E-state index >= 15 is 0 Å². The lowest BCUT2D eigenvalue weighted by atomic mass is 9.92. The van der Waals surface area contributed by atoms with Crippen LogP contribution in [-0.4, -0.2) is 24.4 Å². The van der Waals surface area contributed by atoms with Gasteiger partial charge in [-0.05, 0) is 43.4 Å². The van der Waals surface area contributed by atoms with E-state index in [9.17, 15) is 18.3 Å². The molecule has 2 nitrogen and oxygen atoms in total. The number of rotatable bonds is 10. The third kappa shape index (κ3) is 7.37. The van der Waals surface area contributed by atoms with Gasteiger partial charge >= 0.3 is 6.18 Å². The largest absolute Gasteiger partial charge is 0.389 e. The second-order valence-corrected chi connectivity index (χ2v) is 7.25. The molecule has 0 aliphatic carbocycles. The van der Waals surface area contributed by atoms with Crippen LogP contribution in [0.2, 0.25) is 0 Å². The Balaban J connectivity index is 1.54. The van der Waals surface area contributed by atoms with Crippen LogP contribution in [0.15, 0.2) is 24.3 Å². The smallest absolute Gasteiger partial charge is 0.384 e. The molecule has 2 rings (SSSR count). The first-order valence-electron chi connectivity index (χ1n) is 9.48. The van der Waals surface area contributed by atoms with E-state index < -0.39 is 18.2 Å². The van der Waals surface area contributed by atoms with Gasteiger partial charge in [0, 0.05) is 13.0 Å². The molecule has 0 aromatic heterocycles. The van der Waals surface area contributed by atoms with Crippen LogP contribution < -0.4 is 5.32 Å². The van der Waals surface area contributed by atoms with Gasteiger partial charge in [-0.2, -0.15) is 13.2 Å². The summed E-state index contributed by atoms with van der Waals surface area (Å²) in [6, 6.07) is 8.26. The van der Waals surface area contributed by atoms with Crippen molar-refractivity contribution in [2.45, 2.75) is 76.0 Å². The number of halogens is 3.